The van der Waals surface area contributed by atoms with Crippen molar-refractivity contribution >= 4 is 11.7 Å². The van der Waals surface area contributed by atoms with E-state index in [2.05, 4.69) is 9.84 Å². The second kappa shape index (κ2) is 4.29. The maximum Gasteiger partial charge on any atom is 0.337 e. The number of aryl methyl sites for hydroxylation is 1. The third-order valence-electron chi connectivity index (χ3n) is 2.49. The molecule has 17 heavy (non-hydrogen) atoms. The molecule has 0 aliphatic rings. The Kier molecular flexibility index (Phi) is 2.82. The fraction of sp³-hybridized carbons (Fsp3) is 0.167. The smallest absolute Gasteiger partial charge is 0.337 e. The average molecular weight is 231 g/mol. The third-order valence-corrected chi connectivity index (χ3v) is 2.49. The number of ether oxygens (including phenoxy) is 1. The summed E-state index contributed by atoms with van der Waals surface area (Å²) >= 11 is 0. The first-order valence-corrected chi connectivity index (χ1v) is 5.12. The lowest BCUT2D eigenvalue weighted by Crippen LogP contribution is -2.02. The van der Waals surface area contributed by atoms with Crippen LogP contribution in [0.3, 0.4) is 0 Å². The molecule has 88 valence electrons. The van der Waals surface area contributed by atoms with E-state index in [-0.39, 0.29) is 5.97 Å². The van der Waals surface area contributed by atoms with E-state index in [1.54, 1.807) is 35.1 Å². The lowest BCUT2D eigenvalue weighted by Gasteiger charge is -2.02. The van der Waals surface area contributed by atoms with Crippen molar-refractivity contribution in [3.05, 3.63) is 41.7 Å². The predicted molar refractivity (Wildman–Crippen MR) is 64.1 cm³/mol. The van der Waals surface area contributed by atoms with E-state index in [4.69, 9.17) is 5.73 Å². The van der Waals surface area contributed by atoms with Gasteiger partial charge in [-0.05, 0) is 31.2 Å². The summed E-state index contributed by atoms with van der Waals surface area (Å²) in [4.78, 5) is 11.3. The van der Waals surface area contributed by atoms with Crippen molar-refractivity contribution in [3.63, 3.8) is 0 Å². The number of nitrogen functional groups attached to an aromatic ring is 1. The Labute approximate surface area is 98.8 Å². The molecule has 0 amide bonds. The van der Waals surface area contributed by atoms with Crippen LogP contribution in [0.5, 0.6) is 0 Å². The van der Waals surface area contributed by atoms with Crippen molar-refractivity contribution in [1.82, 2.24) is 9.78 Å². The number of nitrogens with two attached hydrogens (primary N) is 1. The van der Waals surface area contributed by atoms with E-state index in [0.717, 1.165) is 11.4 Å². The Bertz CT molecular complexity index is 524. The number of carbonyl (C=O) groups excluding carboxylic acids is 1. The van der Waals surface area contributed by atoms with Crippen molar-refractivity contribution in [2.24, 2.45) is 0 Å². The Morgan fingerprint density at radius 2 is 2.00 bits per heavy atom. The molecule has 1 heterocycles. The van der Waals surface area contributed by atoms with Crippen LogP contribution in [0.2, 0.25) is 0 Å². The van der Waals surface area contributed by atoms with Crippen LogP contribution in [0.15, 0.2) is 30.5 Å². The molecule has 5 heteroatoms. The lowest BCUT2D eigenvalue weighted by molar-refractivity contribution is 0.0601. The minimum absolute atomic E-state index is 0.354. The molecule has 0 aliphatic heterocycles. The molecule has 1 aromatic heterocycles. The summed E-state index contributed by atoms with van der Waals surface area (Å²) in [6.07, 6.45) is 1.74. The maximum atomic E-state index is 11.3. The molecule has 0 radical (unpaired) electrons. The molecule has 0 saturated carbocycles. The average Bonchev–Trinajstić information content (AvgIpc) is 2.69. The highest BCUT2D eigenvalue weighted by molar-refractivity contribution is 5.89. The Hall–Kier alpha value is -2.30. The van der Waals surface area contributed by atoms with Crippen molar-refractivity contribution in [2.45, 2.75) is 6.92 Å². The molecule has 2 N–H and O–H groups in total. The van der Waals surface area contributed by atoms with E-state index < -0.39 is 0 Å². The van der Waals surface area contributed by atoms with Crippen molar-refractivity contribution in [1.29, 1.82) is 0 Å². The monoisotopic (exact) mass is 231 g/mol. The molecule has 2 rings (SSSR count). The van der Waals surface area contributed by atoms with Crippen LogP contribution < -0.4 is 5.73 Å². The predicted octanol–water partition coefficient (Wildman–Crippen LogP) is 1.55. The number of hydrogen-bond acceptors (Lipinski definition) is 4. The molecule has 0 bridgehead atoms. The second-order valence-electron chi connectivity index (χ2n) is 3.65. The largest absolute Gasteiger partial charge is 0.465 e. The molecule has 0 fully saturated rings. The van der Waals surface area contributed by atoms with Gasteiger partial charge in [0.25, 0.3) is 0 Å². The van der Waals surface area contributed by atoms with E-state index in [1.165, 1.54) is 7.11 Å². The summed E-state index contributed by atoms with van der Waals surface area (Å²) in [7, 11) is 1.35. The molecule has 5 nitrogen and oxygen atoms in total. The summed E-state index contributed by atoms with van der Waals surface area (Å²) < 4.78 is 6.30. The summed E-state index contributed by atoms with van der Waals surface area (Å²) in [5, 5.41) is 4.25. The quantitative estimate of drug-likeness (QED) is 0.796. The normalized spacial score (nSPS) is 10.2. The highest BCUT2D eigenvalue weighted by Crippen LogP contribution is 2.14. The van der Waals surface area contributed by atoms with Crippen LogP contribution in [-0.2, 0) is 4.74 Å². The summed E-state index contributed by atoms with van der Waals surface area (Å²) in [5.41, 5.74) is 8.49. The van der Waals surface area contributed by atoms with E-state index in [1.807, 2.05) is 6.92 Å². The van der Waals surface area contributed by atoms with Gasteiger partial charge in [0.05, 0.1) is 35.9 Å². The molecule has 0 aliphatic carbocycles. The van der Waals surface area contributed by atoms with E-state index in [9.17, 15) is 4.79 Å². The number of anilines is 1. The highest BCUT2D eigenvalue weighted by atomic mass is 16.5. The van der Waals surface area contributed by atoms with Crippen LogP contribution in [0.4, 0.5) is 5.69 Å². The van der Waals surface area contributed by atoms with Gasteiger partial charge in [-0.3, -0.25) is 0 Å². The van der Waals surface area contributed by atoms with Crippen LogP contribution in [-0.4, -0.2) is 22.9 Å². The Balaban J connectivity index is 2.32. The molecular weight excluding hydrogens is 218 g/mol. The Morgan fingerprint density at radius 3 is 2.47 bits per heavy atom. The number of rotatable bonds is 2. The second-order valence-corrected chi connectivity index (χ2v) is 3.65. The maximum absolute atomic E-state index is 11.3. The lowest BCUT2D eigenvalue weighted by atomic mass is 10.2. The zero-order chi connectivity index (χ0) is 12.4. The minimum atomic E-state index is -0.354. The van der Waals surface area contributed by atoms with Gasteiger partial charge in [0.15, 0.2) is 0 Å². The van der Waals surface area contributed by atoms with Gasteiger partial charge in [-0.2, -0.15) is 5.10 Å². The molecule has 2 aromatic rings. The van der Waals surface area contributed by atoms with Crippen LogP contribution in [0.1, 0.15) is 16.1 Å². The molecule has 0 unspecified atom stereocenters. The van der Waals surface area contributed by atoms with Crippen molar-refractivity contribution in [3.8, 4) is 5.69 Å². The number of benzene rings is 1. The topological polar surface area (TPSA) is 70.1 Å². The summed E-state index contributed by atoms with van der Waals surface area (Å²) in [6, 6.07) is 6.96. The number of esters is 1. The van der Waals surface area contributed by atoms with Gasteiger partial charge in [0.1, 0.15) is 0 Å². The SMILES string of the molecule is COC(=O)c1ccc(-n2cc(N)c(C)n2)cc1. The number of hydrogen-bond donors (Lipinski definition) is 1. The van der Waals surface area contributed by atoms with E-state index in [0.29, 0.717) is 11.3 Å². The number of carbonyl (C=O) groups is 1. The first-order chi connectivity index (χ1) is 8.11. The van der Waals surface area contributed by atoms with Gasteiger partial charge in [0, 0.05) is 0 Å². The summed E-state index contributed by atoms with van der Waals surface area (Å²) in [5.74, 6) is -0.354. The van der Waals surface area contributed by atoms with Crippen molar-refractivity contribution < 1.29 is 9.53 Å². The number of methoxy groups -OCH3 is 1. The first kappa shape index (κ1) is 11.2. The fourth-order valence-corrected chi connectivity index (χ4v) is 1.47. The third kappa shape index (κ3) is 2.13. The first-order valence-electron chi connectivity index (χ1n) is 5.12. The molecule has 1 aromatic carbocycles. The molecule has 0 atom stereocenters. The zero-order valence-corrected chi connectivity index (χ0v) is 9.68. The molecule has 0 saturated heterocycles. The molecule has 0 spiro atoms. The fourth-order valence-electron chi connectivity index (χ4n) is 1.47. The standard InChI is InChI=1S/C12H13N3O2/c1-8-11(13)7-15(14-8)10-5-3-9(4-6-10)12(16)17-2/h3-7H,13H2,1-2H3. The Morgan fingerprint density at radius 1 is 1.35 bits per heavy atom. The van der Waals surface area contributed by atoms with Gasteiger partial charge < -0.3 is 10.5 Å². The van der Waals surface area contributed by atoms with Crippen LogP contribution in [0.25, 0.3) is 5.69 Å². The van der Waals surface area contributed by atoms with Gasteiger partial charge in [-0.25, -0.2) is 9.48 Å². The highest BCUT2D eigenvalue weighted by Gasteiger charge is 2.06. The van der Waals surface area contributed by atoms with Gasteiger partial charge >= 0.3 is 5.97 Å². The van der Waals surface area contributed by atoms with Crippen LogP contribution >= 0.6 is 0 Å². The zero-order valence-electron chi connectivity index (χ0n) is 9.68. The van der Waals surface area contributed by atoms with Gasteiger partial charge in [0.2, 0.25) is 0 Å². The van der Waals surface area contributed by atoms with Gasteiger partial charge in [-0.15, -0.1) is 0 Å². The van der Waals surface area contributed by atoms with Crippen LogP contribution in [0, 0.1) is 6.92 Å². The van der Waals surface area contributed by atoms with E-state index >= 15 is 0 Å². The van der Waals surface area contributed by atoms with Gasteiger partial charge in [-0.1, -0.05) is 0 Å². The summed E-state index contributed by atoms with van der Waals surface area (Å²) in [6.45, 7) is 1.84. The minimum Gasteiger partial charge on any atom is -0.465 e. The number of nitrogens with zero attached hydrogens (tertiary/aromatic N) is 2. The molecular formula is C12H13N3O2. The van der Waals surface area contributed by atoms with Crippen molar-refractivity contribution in [2.75, 3.05) is 12.8 Å². The number of aromatic nitrogens is 2.